The molecule has 33 heavy (non-hydrogen) atoms. The summed E-state index contributed by atoms with van der Waals surface area (Å²) in [5.41, 5.74) is 0.414. The Hall–Kier alpha value is -3.25. The van der Waals surface area contributed by atoms with E-state index in [1.54, 1.807) is 12.1 Å². The van der Waals surface area contributed by atoms with Crippen molar-refractivity contribution in [2.45, 2.75) is 37.2 Å². The fourth-order valence-electron chi connectivity index (χ4n) is 4.02. The number of hydrogen-bond donors (Lipinski definition) is 0. The number of fused-ring (bicyclic) bond motifs is 1. The topological polar surface area (TPSA) is 126 Å². The number of ether oxygens (including phenoxy) is 1. The van der Waals surface area contributed by atoms with Gasteiger partial charge in [-0.05, 0) is 31.9 Å². The lowest BCUT2D eigenvalue weighted by Gasteiger charge is -2.23. The zero-order valence-corrected chi connectivity index (χ0v) is 19.4. The maximum Gasteiger partial charge on any atom is 0.332 e. The molecule has 0 bridgehead atoms. The van der Waals surface area contributed by atoms with Crippen LogP contribution in [0.3, 0.4) is 0 Å². The third-order valence-corrected chi connectivity index (χ3v) is 7.82. The average molecular weight is 476 g/mol. The molecule has 0 spiro atoms. The fourth-order valence-corrected chi connectivity index (χ4v) is 5.66. The second kappa shape index (κ2) is 8.60. The van der Waals surface area contributed by atoms with Gasteiger partial charge in [-0.2, -0.15) is 4.31 Å². The number of aromatic nitrogens is 4. The van der Waals surface area contributed by atoms with Crippen molar-refractivity contribution < 1.29 is 17.9 Å². The predicted octanol–water partition coefficient (Wildman–Crippen LogP) is 0.139. The summed E-state index contributed by atoms with van der Waals surface area (Å²) >= 11 is 0. The molecule has 0 saturated carbocycles. The number of aryl methyl sites for hydroxylation is 2. The molecule has 1 aliphatic rings. The van der Waals surface area contributed by atoms with E-state index in [4.69, 9.17) is 4.74 Å². The Morgan fingerprint density at radius 3 is 2.55 bits per heavy atom. The smallest absolute Gasteiger partial charge is 0.332 e. The van der Waals surface area contributed by atoms with Crippen LogP contribution in [0.4, 0.5) is 0 Å². The van der Waals surface area contributed by atoms with E-state index >= 15 is 0 Å². The minimum atomic E-state index is -3.83. The van der Waals surface area contributed by atoms with E-state index in [1.807, 2.05) is 6.92 Å². The van der Waals surface area contributed by atoms with Crippen LogP contribution in [-0.4, -0.2) is 56.6 Å². The molecule has 0 unspecified atom stereocenters. The number of rotatable bonds is 6. The number of carbonyl (C=O) groups excluding carboxylic acids is 1. The first-order valence-corrected chi connectivity index (χ1v) is 11.9. The number of benzene rings is 1. The number of hydrogen-bond acceptors (Lipinski definition) is 7. The standard InChI is InChI=1S/C21H25N5O6S/c1-14-6-8-15(9-7-14)33(30,31)26-10-4-5-16(26)20(28)32-12-11-25-13-22-18-17(25)19(27)24(3)21(29)23(18)2/h6-9,13,16H,4-5,10-12H2,1-3H3/t16-/m0/s1. The zero-order chi connectivity index (χ0) is 23.9. The molecular formula is C21H25N5O6S. The predicted molar refractivity (Wildman–Crippen MR) is 119 cm³/mol. The van der Waals surface area contributed by atoms with Crippen LogP contribution in [0.25, 0.3) is 11.2 Å². The number of imidazole rings is 1. The minimum absolute atomic E-state index is 0.0782. The van der Waals surface area contributed by atoms with Gasteiger partial charge in [0.25, 0.3) is 5.56 Å². The lowest BCUT2D eigenvalue weighted by Crippen LogP contribution is -2.41. The van der Waals surface area contributed by atoms with E-state index < -0.39 is 33.3 Å². The molecule has 0 amide bonds. The highest BCUT2D eigenvalue weighted by Gasteiger charge is 2.40. The molecule has 176 valence electrons. The molecule has 0 radical (unpaired) electrons. The van der Waals surface area contributed by atoms with Gasteiger partial charge in [-0.3, -0.25) is 18.7 Å². The van der Waals surface area contributed by atoms with E-state index in [2.05, 4.69) is 4.98 Å². The zero-order valence-electron chi connectivity index (χ0n) is 18.6. The second-order valence-corrected chi connectivity index (χ2v) is 9.96. The highest BCUT2D eigenvalue weighted by Crippen LogP contribution is 2.27. The van der Waals surface area contributed by atoms with E-state index in [9.17, 15) is 22.8 Å². The quantitative estimate of drug-likeness (QED) is 0.464. The van der Waals surface area contributed by atoms with E-state index in [-0.39, 0.29) is 35.8 Å². The Bertz CT molecular complexity index is 1430. The molecule has 1 fully saturated rings. The maximum absolute atomic E-state index is 13.0. The summed E-state index contributed by atoms with van der Waals surface area (Å²) in [6, 6.07) is 5.59. The van der Waals surface area contributed by atoms with Crippen LogP contribution in [0.1, 0.15) is 18.4 Å². The molecule has 1 aliphatic heterocycles. The van der Waals surface area contributed by atoms with E-state index in [0.717, 1.165) is 10.1 Å². The van der Waals surface area contributed by atoms with Gasteiger partial charge in [-0.15, -0.1) is 0 Å². The first-order valence-electron chi connectivity index (χ1n) is 10.5. The molecule has 1 atom stereocenters. The molecule has 4 rings (SSSR count). The normalized spacial score (nSPS) is 17.0. The first-order chi connectivity index (χ1) is 15.6. The van der Waals surface area contributed by atoms with Crippen LogP contribution in [0.5, 0.6) is 0 Å². The molecular weight excluding hydrogens is 450 g/mol. The third-order valence-electron chi connectivity index (χ3n) is 5.90. The Morgan fingerprint density at radius 2 is 1.85 bits per heavy atom. The molecule has 12 heteroatoms. The van der Waals surface area contributed by atoms with Crippen LogP contribution in [-0.2, 0) is 40.2 Å². The largest absolute Gasteiger partial charge is 0.463 e. The minimum Gasteiger partial charge on any atom is -0.463 e. The number of nitrogens with zero attached hydrogens (tertiary/aromatic N) is 5. The van der Waals surface area contributed by atoms with Gasteiger partial charge >= 0.3 is 11.7 Å². The van der Waals surface area contributed by atoms with Crippen molar-refractivity contribution in [3.63, 3.8) is 0 Å². The van der Waals surface area contributed by atoms with Crippen molar-refractivity contribution in [1.29, 1.82) is 0 Å². The molecule has 3 heterocycles. The van der Waals surface area contributed by atoms with Gasteiger partial charge in [0.1, 0.15) is 12.6 Å². The Morgan fingerprint density at radius 1 is 1.15 bits per heavy atom. The summed E-state index contributed by atoms with van der Waals surface area (Å²) in [6.45, 7) is 2.16. The molecule has 0 N–H and O–H groups in total. The van der Waals surface area contributed by atoms with Crippen LogP contribution >= 0.6 is 0 Å². The third kappa shape index (κ3) is 4.00. The van der Waals surface area contributed by atoms with E-state index in [0.29, 0.717) is 12.8 Å². The average Bonchev–Trinajstić information content (AvgIpc) is 3.44. The number of esters is 1. The summed E-state index contributed by atoms with van der Waals surface area (Å²) in [6.07, 6.45) is 2.34. The molecule has 2 aromatic heterocycles. The van der Waals surface area contributed by atoms with Crippen LogP contribution < -0.4 is 11.2 Å². The van der Waals surface area contributed by atoms with Crippen LogP contribution in [0, 0.1) is 6.92 Å². The van der Waals surface area contributed by atoms with Gasteiger partial charge in [0.05, 0.1) is 17.8 Å². The highest BCUT2D eigenvalue weighted by molar-refractivity contribution is 7.89. The molecule has 11 nitrogen and oxygen atoms in total. The van der Waals surface area contributed by atoms with Gasteiger partial charge in [-0.25, -0.2) is 18.2 Å². The highest BCUT2D eigenvalue weighted by atomic mass is 32.2. The Labute approximate surface area is 189 Å². The monoisotopic (exact) mass is 475 g/mol. The van der Waals surface area contributed by atoms with Gasteiger partial charge in [0, 0.05) is 20.6 Å². The van der Waals surface area contributed by atoms with Crippen LogP contribution in [0.2, 0.25) is 0 Å². The number of sulfonamides is 1. The van der Waals surface area contributed by atoms with Crippen molar-refractivity contribution in [3.05, 3.63) is 57.0 Å². The van der Waals surface area contributed by atoms with E-state index in [1.165, 1.54) is 46.0 Å². The van der Waals surface area contributed by atoms with Crippen molar-refractivity contribution in [2.24, 2.45) is 14.1 Å². The van der Waals surface area contributed by atoms with Gasteiger partial charge < -0.3 is 9.30 Å². The van der Waals surface area contributed by atoms with Crippen LogP contribution in [0.15, 0.2) is 45.1 Å². The summed E-state index contributed by atoms with van der Waals surface area (Å²) in [5.74, 6) is -0.632. The second-order valence-electron chi connectivity index (χ2n) is 8.07. The SMILES string of the molecule is Cc1ccc(S(=O)(=O)N2CCC[C@H]2C(=O)OCCn2cnc3c2c(=O)n(C)c(=O)n3C)cc1. The lowest BCUT2D eigenvalue weighted by atomic mass is 10.2. The molecule has 1 aromatic carbocycles. The van der Waals surface area contributed by atoms with Crippen molar-refractivity contribution >= 4 is 27.2 Å². The van der Waals surface area contributed by atoms with Crippen molar-refractivity contribution in [2.75, 3.05) is 13.2 Å². The maximum atomic E-state index is 13.0. The Balaban J connectivity index is 1.48. The summed E-state index contributed by atoms with van der Waals surface area (Å²) in [4.78, 5) is 41.6. The summed E-state index contributed by atoms with van der Waals surface area (Å²) in [5, 5.41) is 0. The molecule has 0 aliphatic carbocycles. The molecule has 3 aromatic rings. The van der Waals surface area contributed by atoms with Gasteiger partial charge in [0.15, 0.2) is 11.2 Å². The Kier molecular flexibility index (Phi) is 5.97. The fraction of sp³-hybridized carbons (Fsp3) is 0.429. The van der Waals surface area contributed by atoms with Gasteiger partial charge in [-0.1, -0.05) is 17.7 Å². The molecule has 1 saturated heterocycles. The van der Waals surface area contributed by atoms with Crippen molar-refractivity contribution in [1.82, 2.24) is 23.0 Å². The first kappa shape index (κ1) is 22.9. The lowest BCUT2D eigenvalue weighted by molar-refractivity contribution is -0.147. The van der Waals surface area contributed by atoms with Gasteiger partial charge in [0.2, 0.25) is 10.0 Å². The summed E-state index contributed by atoms with van der Waals surface area (Å²) in [7, 11) is -0.927. The number of carbonyl (C=O) groups is 1. The summed E-state index contributed by atoms with van der Waals surface area (Å²) < 4.78 is 36.4. The van der Waals surface area contributed by atoms with Crippen molar-refractivity contribution in [3.8, 4) is 0 Å².